The van der Waals surface area contributed by atoms with Crippen molar-refractivity contribution in [1.29, 1.82) is 0 Å². The maximum atomic E-state index is 13.1. The van der Waals surface area contributed by atoms with Crippen LogP contribution in [0.25, 0.3) is 0 Å². The summed E-state index contributed by atoms with van der Waals surface area (Å²) in [6.45, 7) is 6.41. The number of allylic oxidation sites excluding steroid dienone is 8. The minimum Gasteiger partial charge on any atom is -0.462 e. The highest BCUT2D eigenvalue weighted by Gasteiger charge is 2.24. The second-order valence-electron chi connectivity index (χ2n) is 16.5. The van der Waals surface area contributed by atoms with Crippen molar-refractivity contribution in [2.24, 2.45) is 0 Å². The molecule has 0 heterocycles. The van der Waals surface area contributed by atoms with Gasteiger partial charge < -0.3 is 20.3 Å². The standard InChI is InChI=1S/C51H93NO5/c1-4-7-10-13-16-19-22-24-25-27-28-30-33-36-39-42-47(57-51(56)44-41-38-35-32-29-26-23-20-17-14-11-8-5-2)45-50(55)52-48(46-53)49(54)43-40-37-34-31-21-18-15-12-9-6-3/h16,19,24-26,29,35,38,47-49,53-54H,4-15,17-18,20-23,27-28,30-34,36-37,39-46H2,1-3H3,(H,52,55)/b19-16-,25-24-,29-26-,38-35+. The molecule has 0 aromatic carbocycles. The fraction of sp³-hybridized carbons (Fsp3) is 0.804. The first-order valence-electron chi connectivity index (χ1n) is 24.4. The zero-order chi connectivity index (χ0) is 41.7. The Bertz CT molecular complexity index is 988. The monoisotopic (exact) mass is 800 g/mol. The van der Waals surface area contributed by atoms with Gasteiger partial charge in [0.05, 0.1) is 25.2 Å². The lowest BCUT2D eigenvalue weighted by Crippen LogP contribution is -2.46. The smallest absolute Gasteiger partial charge is 0.306 e. The Kier molecular flexibility index (Phi) is 43.2. The van der Waals surface area contributed by atoms with E-state index in [9.17, 15) is 19.8 Å². The fourth-order valence-corrected chi connectivity index (χ4v) is 7.16. The van der Waals surface area contributed by atoms with Crippen LogP contribution in [-0.4, -0.2) is 46.9 Å². The predicted octanol–water partition coefficient (Wildman–Crippen LogP) is 14.3. The highest BCUT2D eigenvalue weighted by atomic mass is 16.5. The molecule has 332 valence electrons. The quantitative estimate of drug-likeness (QED) is 0.0324. The summed E-state index contributed by atoms with van der Waals surface area (Å²) in [6, 6.07) is -0.715. The Morgan fingerprint density at radius 2 is 0.895 bits per heavy atom. The van der Waals surface area contributed by atoms with Gasteiger partial charge in [0.15, 0.2) is 0 Å². The van der Waals surface area contributed by atoms with Gasteiger partial charge in [-0.3, -0.25) is 9.59 Å². The summed E-state index contributed by atoms with van der Waals surface area (Å²) in [7, 11) is 0. The molecule has 0 bridgehead atoms. The lowest BCUT2D eigenvalue weighted by atomic mass is 10.0. The zero-order valence-electron chi connectivity index (χ0n) is 37.7. The molecule has 0 aliphatic carbocycles. The first-order chi connectivity index (χ1) is 28.0. The van der Waals surface area contributed by atoms with Gasteiger partial charge in [-0.15, -0.1) is 0 Å². The lowest BCUT2D eigenvalue weighted by Gasteiger charge is -2.24. The van der Waals surface area contributed by atoms with E-state index in [2.05, 4.69) is 68.6 Å². The molecule has 3 unspecified atom stereocenters. The van der Waals surface area contributed by atoms with Crippen molar-refractivity contribution in [1.82, 2.24) is 5.32 Å². The molecule has 0 fully saturated rings. The van der Waals surface area contributed by atoms with Crippen LogP contribution in [0.1, 0.15) is 239 Å². The molecule has 0 rings (SSSR count). The number of hydrogen-bond acceptors (Lipinski definition) is 5. The van der Waals surface area contributed by atoms with Crippen LogP contribution in [0, 0.1) is 0 Å². The molecule has 0 aromatic rings. The number of unbranched alkanes of at least 4 members (excludes halogenated alkanes) is 23. The van der Waals surface area contributed by atoms with Gasteiger partial charge in [-0.05, 0) is 77.0 Å². The number of ether oxygens (including phenoxy) is 1. The van der Waals surface area contributed by atoms with Crippen molar-refractivity contribution in [2.45, 2.75) is 257 Å². The molecule has 0 saturated heterocycles. The summed E-state index contributed by atoms with van der Waals surface area (Å²) >= 11 is 0. The maximum Gasteiger partial charge on any atom is 0.306 e. The van der Waals surface area contributed by atoms with E-state index in [1.165, 1.54) is 116 Å². The minimum atomic E-state index is -0.798. The molecular weight excluding hydrogens is 707 g/mol. The summed E-state index contributed by atoms with van der Waals surface area (Å²) in [5, 5.41) is 23.6. The van der Waals surface area contributed by atoms with Crippen LogP contribution in [0.4, 0.5) is 0 Å². The number of esters is 1. The normalized spacial score (nSPS) is 13.7. The van der Waals surface area contributed by atoms with Gasteiger partial charge in [-0.1, -0.05) is 198 Å². The third kappa shape index (κ3) is 40.4. The van der Waals surface area contributed by atoms with Crippen LogP contribution < -0.4 is 5.32 Å². The molecule has 6 nitrogen and oxygen atoms in total. The number of rotatable bonds is 43. The predicted molar refractivity (Wildman–Crippen MR) is 245 cm³/mol. The Labute approximate surface area is 353 Å². The van der Waals surface area contributed by atoms with E-state index < -0.39 is 18.2 Å². The van der Waals surface area contributed by atoms with Gasteiger partial charge in [0.25, 0.3) is 0 Å². The molecule has 1 amide bonds. The Morgan fingerprint density at radius 1 is 0.509 bits per heavy atom. The van der Waals surface area contributed by atoms with Gasteiger partial charge in [0.2, 0.25) is 5.91 Å². The molecule has 0 aromatic heterocycles. The molecule has 6 heteroatoms. The highest BCUT2D eigenvalue weighted by Crippen LogP contribution is 2.17. The highest BCUT2D eigenvalue weighted by molar-refractivity contribution is 5.77. The molecule has 3 atom stereocenters. The Morgan fingerprint density at radius 3 is 1.37 bits per heavy atom. The minimum absolute atomic E-state index is 0.0459. The van der Waals surface area contributed by atoms with Crippen molar-refractivity contribution in [3.8, 4) is 0 Å². The Balaban J connectivity index is 4.70. The van der Waals surface area contributed by atoms with Gasteiger partial charge >= 0.3 is 5.97 Å². The maximum absolute atomic E-state index is 13.1. The van der Waals surface area contributed by atoms with E-state index in [0.717, 1.165) is 70.6 Å². The number of amides is 1. The summed E-state index contributed by atoms with van der Waals surface area (Å²) < 4.78 is 5.87. The van der Waals surface area contributed by atoms with Crippen molar-refractivity contribution < 1.29 is 24.5 Å². The first-order valence-corrected chi connectivity index (χ1v) is 24.4. The second kappa shape index (κ2) is 44.9. The number of carbonyl (C=O) groups is 2. The summed E-state index contributed by atoms with van der Waals surface area (Å²) in [4.78, 5) is 26.0. The van der Waals surface area contributed by atoms with E-state index in [1.54, 1.807) is 0 Å². The zero-order valence-corrected chi connectivity index (χ0v) is 37.7. The van der Waals surface area contributed by atoms with Gasteiger partial charge in [-0.2, -0.15) is 0 Å². The molecule has 3 N–H and O–H groups in total. The first kappa shape index (κ1) is 54.8. The van der Waals surface area contributed by atoms with Crippen LogP contribution >= 0.6 is 0 Å². The largest absolute Gasteiger partial charge is 0.462 e. The fourth-order valence-electron chi connectivity index (χ4n) is 7.16. The van der Waals surface area contributed by atoms with Crippen LogP contribution in [0.15, 0.2) is 48.6 Å². The molecule has 0 radical (unpaired) electrons. The van der Waals surface area contributed by atoms with Crippen LogP contribution in [0.5, 0.6) is 0 Å². The molecule has 0 aliphatic heterocycles. The van der Waals surface area contributed by atoms with Gasteiger partial charge in [0, 0.05) is 6.42 Å². The van der Waals surface area contributed by atoms with Crippen molar-refractivity contribution >= 4 is 11.9 Å². The van der Waals surface area contributed by atoms with E-state index >= 15 is 0 Å². The molecule has 57 heavy (non-hydrogen) atoms. The van der Waals surface area contributed by atoms with Gasteiger partial charge in [0.1, 0.15) is 6.10 Å². The molecule has 0 saturated carbocycles. The molecule has 0 spiro atoms. The van der Waals surface area contributed by atoms with Crippen molar-refractivity contribution in [2.75, 3.05) is 6.61 Å². The average molecular weight is 800 g/mol. The number of nitrogens with one attached hydrogen (secondary N) is 1. The number of carbonyl (C=O) groups excluding carboxylic acids is 2. The van der Waals surface area contributed by atoms with E-state index in [0.29, 0.717) is 19.3 Å². The second-order valence-corrected chi connectivity index (χ2v) is 16.5. The molecule has 0 aliphatic rings. The summed E-state index contributed by atoms with van der Waals surface area (Å²) in [5.41, 5.74) is 0. The van der Waals surface area contributed by atoms with Crippen LogP contribution in [-0.2, 0) is 14.3 Å². The van der Waals surface area contributed by atoms with Crippen molar-refractivity contribution in [3.05, 3.63) is 48.6 Å². The topological polar surface area (TPSA) is 95.9 Å². The lowest BCUT2D eigenvalue weighted by molar-refractivity contribution is -0.150. The van der Waals surface area contributed by atoms with Crippen LogP contribution in [0.3, 0.4) is 0 Å². The SMILES string of the molecule is CCCCC/C=C\C/C=C\CCCCCCCC(CC(=O)NC(CO)C(O)CCCCCCCCCCCC)OC(=O)CC/C=C/C/C=C\CCCCCCCC. The Hall–Kier alpha value is -2.18. The molecular formula is C51H93NO5. The van der Waals surface area contributed by atoms with Crippen LogP contribution in [0.2, 0.25) is 0 Å². The summed E-state index contributed by atoms with van der Waals surface area (Å²) in [5.74, 6) is -0.567. The third-order valence-electron chi connectivity index (χ3n) is 10.9. The summed E-state index contributed by atoms with van der Waals surface area (Å²) in [6.07, 6.45) is 53.2. The van der Waals surface area contributed by atoms with E-state index in [-0.39, 0.29) is 31.3 Å². The van der Waals surface area contributed by atoms with E-state index in [1.807, 2.05) is 6.08 Å². The van der Waals surface area contributed by atoms with Crippen molar-refractivity contribution in [3.63, 3.8) is 0 Å². The van der Waals surface area contributed by atoms with E-state index in [4.69, 9.17) is 4.74 Å². The number of aliphatic hydroxyl groups excluding tert-OH is 2. The number of hydrogen-bond donors (Lipinski definition) is 3. The number of aliphatic hydroxyl groups is 2. The third-order valence-corrected chi connectivity index (χ3v) is 10.9. The van der Waals surface area contributed by atoms with Gasteiger partial charge in [-0.25, -0.2) is 0 Å². The average Bonchev–Trinajstić information content (AvgIpc) is 3.20.